The Morgan fingerprint density at radius 1 is 1.13 bits per heavy atom. The summed E-state index contributed by atoms with van der Waals surface area (Å²) in [7, 11) is 0. The Kier molecular flexibility index (Phi) is 2.23. The third-order valence-electron chi connectivity index (χ3n) is 4.73. The monoisotopic (exact) mass is 209 g/mol. The summed E-state index contributed by atoms with van der Waals surface area (Å²) in [5, 5.41) is 12.9. The van der Waals surface area contributed by atoms with Crippen LogP contribution in [0.15, 0.2) is 0 Å². The molecule has 0 amide bonds. The van der Waals surface area contributed by atoms with Gasteiger partial charge in [0.1, 0.15) is 0 Å². The van der Waals surface area contributed by atoms with E-state index in [-0.39, 0.29) is 12.0 Å². The molecule has 0 aromatic heterocycles. The van der Waals surface area contributed by atoms with E-state index in [0.29, 0.717) is 17.9 Å². The summed E-state index contributed by atoms with van der Waals surface area (Å²) < 4.78 is 0. The molecule has 0 aromatic carbocycles. The number of rotatable bonds is 3. The van der Waals surface area contributed by atoms with Gasteiger partial charge in [0.2, 0.25) is 0 Å². The summed E-state index contributed by atoms with van der Waals surface area (Å²) >= 11 is 0. The minimum Gasteiger partial charge on any atom is -0.481 e. The first kappa shape index (κ1) is 9.64. The van der Waals surface area contributed by atoms with E-state index < -0.39 is 5.97 Å². The molecule has 3 nitrogen and oxygen atoms in total. The highest BCUT2D eigenvalue weighted by Crippen LogP contribution is 2.49. The molecule has 0 radical (unpaired) electrons. The molecule has 2 N–H and O–H groups in total. The Morgan fingerprint density at radius 3 is 2.47 bits per heavy atom. The van der Waals surface area contributed by atoms with Crippen LogP contribution in [0.2, 0.25) is 0 Å². The van der Waals surface area contributed by atoms with Gasteiger partial charge in [0.25, 0.3) is 0 Å². The number of carboxylic acids is 1. The lowest BCUT2D eigenvalue weighted by Gasteiger charge is -2.36. The maximum atomic E-state index is 11.2. The van der Waals surface area contributed by atoms with Gasteiger partial charge in [-0.05, 0) is 43.9 Å². The number of carboxylic acid groups (broad SMARTS) is 1. The number of hydrogen-bond donors (Lipinski definition) is 2. The molecule has 2 bridgehead atoms. The van der Waals surface area contributed by atoms with Crippen LogP contribution >= 0.6 is 0 Å². The van der Waals surface area contributed by atoms with Crippen LogP contribution in [0.5, 0.6) is 0 Å². The van der Waals surface area contributed by atoms with E-state index in [1.807, 2.05) is 0 Å². The first-order valence-corrected chi connectivity index (χ1v) is 6.24. The molecule has 0 spiro atoms. The van der Waals surface area contributed by atoms with Crippen molar-refractivity contribution < 1.29 is 9.90 Å². The molecule has 0 aromatic rings. The molecule has 3 fully saturated rings. The van der Waals surface area contributed by atoms with Gasteiger partial charge in [-0.2, -0.15) is 0 Å². The Balaban J connectivity index is 1.71. The molecular formula is C12H19NO2. The predicted octanol–water partition coefficient (Wildman–Crippen LogP) is 1.63. The normalized spacial score (nSPS) is 44.3. The average Bonchev–Trinajstić information content (AvgIpc) is 2.69. The van der Waals surface area contributed by atoms with Crippen LogP contribution in [0, 0.1) is 17.8 Å². The minimum absolute atomic E-state index is 0.0932. The first-order valence-electron chi connectivity index (χ1n) is 6.24. The lowest BCUT2D eigenvalue weighted by atomic mass is 9.82. The SMILES string of the molecule is O=C(O)C1C2CCC(C2)C1NC1CCC1. The highest BCUT2D eigenvalue weighted by molar-refractivity contribution is 5.72. The number of fused-ring (bicyclic) bond motifs is 2. The second-order valence-corrected chi connectivity index (χ2v) is 5.52. The maximum Gasteiger partial charge on any atom is 0.308 e. The topological polar surface area (TPSA) is 49.3 Å². The zero-order valence-electron chi connectivity index (χ0n) is 8.98. The molecule has 3 aliphatic carbocycles. The lowest BCUT2D eigenvalue weighted by molar-refractivity contribution is -0.144. The number of hydrogen-bond acceptors (Lipinski definition) is 2. The molecular weight excluding hydrogens is 190 g/mol. The molecule has 4 unspecified atom stereocenters. The number of carbonyl (C=O) groups is 1. The van der Waals surface area contributed by atoms with Gasteiger partial charge in [-0.15, -0.1) is 0 Å². The van der Waals surface area contributed by atoms with Gasteiger partial charge >= 0.3 is 5.97 Å². The van der Waals surface area contributed by atoms with Crippen molar-refractivity contribution in [1.29, 1.82) is 0 Å². The van der Waals surface area contributed by atoms with E-state index in [1.54, 1.807) is 0 Å². The van der Waals surface area contributed by atoms with Crippen LogP contribution in [-0.2, 0) is 4.79 Å². The Morgan fingerprint density at radius 2 is 1.87 bits per heavy atom. The van der Waals surface area contributed by atoms with Gasteiger partial charge in [-0.1, -0.05) is 6.42 Å². The Labute approximate surface area is 90.2 Å². The molecule has 0 heterocycles. The summed E-state index contributed by atoms with van der Waals surface area (Å²) in [4.78, 5) is 11.2. The molecule has 0 aliphatic heterocycles. The fourth-order valence-electron chi connectivity index (χ4n) is 3.73. The van der Waals surface area contributed by atoms with Crippen molar-refractivity contribution >= 4 is 5.97 Å². The fourth-order valence-corrected chi connectivity index (χ4v) is 3.73. The van der Waals surface area contributed by atoms with E-state index in [1.165, 1.54) is 25.7 Å². The van der Waals surface area contributed by atoms with E-state index in [2.05, 4.69) is 5.32 Å². The summed E-state index contributed by atoms with van der Waals surface area (Å²) in [6.45, 7) is 0. The van der Waals surface area contributed by atoms with Crippen LogP contribution in [0.1, 0.15) is 38.5 Å². The number of aliphatic carboxylic acids is 1. The number of nitrogens with one attached hydrogen (secondary N) is 1. The van der Waals surface area contributed by atoms with E-state index >= 15 is 0 Å². The van der Waals surface area contributed by atoms with Gasteiger partial charge < -0.3 is 10.4 Å². The standard InChI is InChI=1S/C12H19NO2/c14-12(15)10-7-4-5-8(6-7)11(10)13-9-2-1-3-9/h7-11,13H,1-6H2,(H,14,15). The quantitative estimate of drug-likeness (QED) is 0.742. The van der Waals surface area contributed by atoms with Crippen LogP contribution in [0.4, 0.5) is 0 Å². The van der Waals surface area contributed by atoms with Crippen molar-refractivity contribution in [2.24, 2.45) is 17.8 Å². The Bertz CT molecular complexity index is 275. The third kappa shape index (κ3) is 1.48. The molecule has 3 rings (SSSR count). The molecule has 0 saturated heterocycles. The van der Waals surface area contributed by atoms with Gasteiger partial charge in [0.15, 0.2) is 0 Å². The molecule has 4 atom stereocenters. The summed E-state index contributed by atoms with van der Waals surface area (Å²) in [5.74, 6) is 0.449. The zero-order chi connectivity index (χ0) is 10.4. The van der Waals surface area contributed by atoms with E-state index in [9.17, 15) is 9.90 Å². The zero-order valence-corrected chi connectivity index (χ0v) is 8.98. The van der Waals surface area contributed by atoms with Crippen LogP contribution in [-0.4, -0.2) is 23.2 Å². The molecule has 3 aliphatic rings. The first-order chi connectivity index (χ1) is 7.25. The smallest absolute Gasteiger partial charge is 0.308 e. The molecule has 84 valence electrons. The van der Waals surface area contributed by atoms with Crippen LogP contribution < -0.4 is 5.32 Å². The van der Waals surface area contributed by atoms with Gasteiger partial charge in [0, 0.05) is 12.1 Å². The highest BCUT2D eigenvalue weighted by Gasteiger charge is 2.51. The second kappa shape index (κ2) is 3.48. The minimum atomic E-state index is -0.570. The highest BCUT2D eigenvalue weighted by atomic mass is 16.4. The van der Waals surface area contributed by atoms with Crippen molar-refractivity contribution in [2.75, 3.05) is 0 Å². The summed E-state index contributed by atoms with van der Waals surface area (Å²) in [6.07, 6.45) is 7.36. The third-order valence-corrected chi connectivity index (χ3v) is 4.73. The Hall–Kier alpha value is -0.570. The maximum absolute atomic E-state index is 11.2. The van der Waals surface area contributed by atoms with E-state index in [0.717, 1.165) is 12.8 Å². The fraction of sp³-hybridized carbons (Fsp3) is 0.917. The molecule has 3 heteroatoms. The van der Waals surface area contributed by atoms with Gasteiger partial charge in [-0.3, -0.25) is 4.79 Å². The van der Waals surface area contributed by atoms with Crippen molar-refractivity contribution in [2.45, 2.75) is 50.6 Å². The van der Waals surface area contributed by atoms with Crippen molar-refractivity contribution in [3.8, 4) is 0 Å². The molecule has 3 saturated carbocycles. The van der Waals surface area contributed by atoms with Crippen molar-refractivity contribution in [3.05, 3.63) is 0 Å². The largest absolute Gasteiger partial charge is 0.481 e. The summed E-state index contributed by atoms with van der Waals surface area (Å²) in [6, 6.07) is 0.905. The average molecular weight is 209 g/mol. The molecule has 15 heavy (non-hydrogen) atoms. The van der Waals surface area contributed by atoms with Crippen LogP contribution in [0.25, 0.3) is 0 Å². The van der Waals surface area contributed by atoms with Gasteiger partial charge in [-0.25, -0.2) is 0 Å². The van der Waals surface area contributed by atoms with Gasteiger partial charge in [0.05, 0.1) is 5.92 Å². The van der Waals surface area contributed by atoms with E-state index in [4.69, 9.17) is 0 Å². The lowest BCUT2D eigenvalue weighted by Crippen LogP contribution is -2.50. The summed E-state index contributed by atoms with van der Waals surface area (Å²) in [5.41, 5.74) is 0. The van der Waals surface area contributed by atoms with Crippen molar-refractivity contribution in [3.63, 3.8) is 0 Å². The van der Waals surface area contributed by atoms with Crippen LogP contribution in [0.3, 0.4) is 0 Å². The second-order valence-electron chi connectivity index (χ2n) is 5.52. The predicted molar refractivity (Wildman–Crippen MR) is 56.5 cm³/mol. The van der Waals surface area contributed by atoms with Crippen molar-refractivity contribution in [1.82, 2.24) is 5.32 Å².